The molecule has 150 valence electrons. The highest BCUT2D eigenvalue weighted by Gasteiger charge is 2.33. The van der Waals surface area contributed by atoms with Gasteiger partial charge in [-0.3, -0.25) is 14.7 Å². The van der Waals surface area contributed by atoms with E-state index in [9.17, 15) is 4.79 Å². The molecule has 3 heterocycles. The number of nitrogens with zero attached hydrogens (tertiary/aromatic N) is 2. The molecule has 2 aliphatic heterocycles. The minimum atomic E-state index is -0.164. The van der Waals surface area contributed by atoms with Gasteiger partial charge in [0.15, 0.2) is 5.76 Å². The average Bonchev–Trinajstić information content (AvgIpc) is 3.07. The van der Waals surface area contributed by atoms with Crippen molar-refractivity contribution in [3.8, 4) is 11.5 Å². The fraction of sp³-hybridized carbons (Fsp3) is 0.130. The van der Waals surface area contributed by atoms with Crippen molar-refractivity contribution in [1.29, 1.82) is 0 Å². The molecule has 0 fully saturated rings. The molecule has 0 N–H and O–H groups in total. The third-order valence-corrected chi connectivity index (χ3v) is 5.79. The number of benzene rings is 2. The van der Waals surface area contributed by atoms with E-state index < -0.39 is 0 Å². The van der Waals surface area contributed by atoms with E-state index in [4.69, 9.17) is 32.7 Å². The lowest BCUT2D eigenvalue weighted by Crippen LogP contribution is -2.31. The molecular formula is C23H16Cl2N2O3. The van der Waals surface area contributed by atoms with Crippen LogP contribution < -0.4 is 9.47 Å². The number of ketones is 1. The van der Waals surface area contributed by atoms with E-state index in [1.54, 1.807) is 36.5 Å². The number of pyridine rings is 1. The number of aromatic nitrogens is 1. The van der Waals surface area contributed by atoms with Crippen LogP contribution in [0.15, 0.2) is 60.6 Å². The Labute approximate surface area is 183 Å². The molecule has 3 aromatic rings. The Hall–Kier alpha value is -2.86. The minimum absolute atomic E-state index is 0.164. The van der Waals surface area contributed by atoms with Gasteiger partial charge in [0.05, 0.1) is 21.2 Å². The molecule has 0 atom stereocenters. The molecule has 5 rings (SSSR count). The maximum absolute atomic E-state index is 12.9. The molecule has 0 unspecified atom stereocenters. The van der Waals surface area contributed by atoms with Crippen LogP contribution in [0.3, 0.4) is 0 Å². The second kappa shape index (κ2) is 7.76. The summed E-state index contributed by atoms with van der Waals surface area (Å²) in [5.41, 5.74) is 3.23. The molecule has 2 aliphatic rings. The Morgan fingerprint density at radius 2 is 2.03 bits per heavy atom. The third kappa shape index (κ3) is 3.56. The topological polar surface area (TPSA) is 51.7 Å². The Morgan fingerprint density at radius 1 is 1.13 bits per heavy atom. The third-order valence-electron chi connectivity index (χ3n) is 5.05. The van der Waals surface area contributed by atoms with Crippen molar-refractivity contribution in [2.45, 2.75) is 13.1 Å². The number of ether oxygens (including phenoxy) is 2. The number of carbonyl (C=O) groups excluding carboxylic acids is 1. The lowest BCUT2D eigenvalue weighted by Gasteiger charge is -2.29. The number of halogens is 2. The second-order valence-corrected chi connectivity index (χ2v) is 7.97. The van der Waals surface area contributed by atoms with E-state index in [1.165, 1.54) is 0 Å². The fourth-order valence-electron chi connectivity index (χ4n) is 3.61. The lowest BCUT2D eigenvalue weighted by atomic mass is 10.0. The van der Waals surface area contributed by atoms with Crippen LogP contribution in [0.5, 0.6) is 11.5 Å². The summed E-state index contributed by atoms with van der Waals surface area (Å²) in [5, 5.41) is 0.881. The van der Waals surface area contributed by atoms with Gasteiger partial charge >= 0.3 is 0 Å². The van der Waals surface area contributed by atoms with Crippen LogP contribution in [0, 0.1) is 0 Å². The van der Waals surface area contributed by atoms with Crippen molar-refractivity contribution in [3.63, 3.8) is 0 Å². The predicted molar refractivity (Wildman–Crippen MR) is 115 cm³/mol. The Bertz CT molecular complexity index is 1180. The molecule has 0 radical (unpaired) electrons. The SMILES string of the molecule is O=C1/C(=C/c2ccc(Cl)c(Cl)c2)Oc2c1ccc1c2CN(Cc2cccnc2)CO1. The number of rotatable bonds is 3. The molecule has 0 amide bonds. The number of carbonyl (C=O) groups is 1. The zero-order valence-corrected chi connectivity index (χ0v) is 17.3. The van der Waals surface area contributed by atoms with E-state index in [2.05, 4.69) is 9.88 Å². The summed E-state index contributed by atoms with van der Waals surface area (Å²) < 4.78 is 11.9. The molecule has 30 heavy (non-hydrogen) atoms. The average molecular weight is 439 g/mol. The van der Waals surface area contributed by atoms with Crippen LogP contribution in [0.1, 0.15) is 27.0 Å². The standard InChI is InChI=1S/C23H16Cl2N2O3/c24-18-5-3-14(8-19(18)25)9-21-22(28)16-4-6-20-17(23(16)30-21)12-27(13-29-20)11-15-2-1-7-26-10-15/h1-10H,11-13H2/b21-9-. The maximum Gasteiger partial charge on any atom is 0.231 e. The molecular weight excluding hydrogens is 423 g/mol. The summed E-state index contributed by atoms with van der Waals surface area (Å²) in [7, 11) is 0. The highest BCUT2D eigenvalue weighted by molar-refractivity contribution is 6.42. The first kappa shape index (κ1) is 19.1. The molecule has 2 aromatic carbocycles. The van der Waals surface area contributed by atoms with Crippen LogP contribution in [-0.4, -0.2) is 22.4 Å². The smallest absolute Gasteiger partial charge is 0.231 e. The zero-order chi connectivity index (χ0) is 20.7. The van der Waals surface area contributed by atoms with Gasteiger partial charge < -0.3 is 9.47 Å². The van der Waals surface area contributed by atoms with Crippen LogP contribution in [-0.2, 0) is 13.1 Å². The molecule has 7 heteroatoms. The van der Waals surface area contributed by atoms with E-state index in [1.807, 2.05) is 24.4 Å². The van der Waals surface area contributed by atoms with Crippen LogP contribution in [0.25, 0.3) is 6.08 Å². The van der Waals surface area contributed by atoms with Gasteiger partial charge in [0, 0.05) is 25.5 Å². The Kier molecular flexibility index (Phi) is 4.95. The highest BCUT2D eigenvalue weighted by atomic mass is 35.5. The summed E-state index contributed by atoms with van der Waals surface area (Å²) in [6, 6.07) is 12.7. The molecule has 0 spiro atoms. The van der Waals surface area contributed by atoms with Crippen molar-refractivity contribution in [1.82, 2.24) is 9.88 Å². The predicted octanol–water partition coefficient (Wildman–Crippen LogP) is 5.36. The van der Waals surface area contributed by atoms with Gasteiger partial charge in [-0.15, -0.1) is 0 Å². The largest absolute Gasteiger partial charge is 0.478 e. The number of hydrogen-bond acceptors (Lipinski definition) is 5. The van der Waals surface area contributed by atoms with E-state index >= 15 is 0 Å². The van der Waals surface area contributed by atoms with Gasteiger partial charge in [0.2, 0.25) is 5.78 Å². The second-order valence-electron chi connectivity index (χ2n) is 7.15. The Morgan fingerprint density at radius 3 is 2.83 bits per heavy atom. The molecule has 0 saturated heterocycles. The first-order valence-corrected chi connectivity index (χ1v) is 10.1. The van der Waals surface area contributed by atoms with Crippen molar-refractivity contribution < 1.29 is 14.3 Å². The quantitative estimate of drug-likeness (QED) is 0.515. The van der Waals surface area contributed by atoms with Crippen molar-refractivity contribution in [3.05, 3.63) is 92.9 Å². The summed E-state index contributed by atoms with van der Waals surface area (Å²) in [6.45, 7) is 1.76. The van der Waals surface area contributed by atoms with Crippen molar-refractivity contribution in [2.24, 2.45) is 0 Å². The molecule has 0 saturated carbocycles. The van der Waals surface area contributed by atoms with Gasteiger partial charge in [0.25, 0.3) is 0 Å². The first-order chi connectivity index (χ1) is 14.6. The lowest BCUT2D eigenvalue weighted by molar-refractivity contribution is 0.0872. The fourth-order valence-corrected chi connectivity index (χ4v) is 3.92. The van der Waals surface area contributed by atoms with Gasteiger partial charge in [-0.1, -0.05) is 35.3 Å². The molecule has 0 bridgehead atoms. The van der Waals surface area contributed by atoms with Gasteiger partial charge in [-0.25, -0.2) is 0 Å². The summed E-state index contributed by atoms with van der Waals surface area (Å²) in [5.74, 6) is 1.38. The maximum atomic E-state index is 12.9. The van der Waals surface area contributed by atoms with Gasteiger partial charge in [0.1, 0.15) is 18.2 Å². The number of allylic oxidation sites excluding steroid dienone is 1. The van der Waals surface area contributed by atoms with Gasteiger partial charge in [-0.05, 0) is 47.5 Å². The van der Waals surface area contributed by atoms with Crippen LogP contribution in [0.2, 0.25) is 10.0 Å². The normalized spacial score (nSPS) is 16.7. The van der Waals surface area contributed by atoms with E-state index in [-0.39, 0.29) is 11.5 Å². The van der Waals surface area contributed by atoms with Crippen molar-refractivity contribution in [2.75, 3.05) is 6.73 Å². The van der Waals surface area contributed by atoms with Gasteiger partial charge in [-0.2, -0.15) is 0 Å². The van der Waals surface area contributed by atoms with Crippen LogP contribution >= 0.6 is 23.2 Å². The molecule has 5 nitrogen and oxygen atoms in total. The van der Waals surface area contributed by atoms with Crippen LogP contribution in [0.4, 0.5) is 0 Å². The monoisotopic (exact) mass is 438 g/mol. The minimum Gasteiger partial charge on any atom is -0.478 e. The van der Waals surface area contributed by atoms with Crippen molar-refractivity contribution >= 4 is 35.1 Å². The first-order valence-electron chi connectivity index (χ1n) is 9.38. The Balaban J connectivity index is 1.43. The molecule has 1 aromatic heterocycles. The summed E-state index contributed by atoms with van der Waals surface area (Å²) in [6.07, 6.45) is 5.26. The number of fused-ring (bicyclic) bond motifs is 3. The highest BCUT2D eigenvalue weighted by Crippen LogP contribution is 2.42. The number of hydrogen-bond donors (Lipinski definition) is 0. The number of Topliss-reactive ketones (excluding diaryl/α,β-unsaturated/α-hetero) is 1. The van der Waals surface area contributed by atoms with E-state index in [0.29, 0.717) is 41.2 Å². The summed E-state index contributed by atoms with van der Waals surface area (Å²) >= 11 is 12.1. The molecule has 0 aliphatic carbocycles. The van der Waals surface area contributed by atoms with E-state index in [0.717, 1.165) is 22.4 Å². The zero-order valence-electron chi connectivity index (χ0n) is 15.8. The summed E-state index contributed by atoms with van der Waals surface area (Å²) in [4.78, 5) is 19.2.